The smallest absolute Gasteiger partial charge is 0.326 e. The standard InChI is InChI=1S/C18H22N2O3/c21-17(13-7-8-19-14(9-13)11-5-6-11)20-15-4-2-1-3-12(15)10-16(20)18(22)23/h7-9,11-12,15-16H,1-6,10H2,(H,22,23). The number of carbonyl (C=O) groups is 2. The normalized spacial score (nSPS) is 30.1. The first-order valence-electron chi connectivity index (χ1n) is 8.66. The Morgan fingerprint density at radius 1 is 1.17 bits per heavy atom. The highest BCUT2D eigenvalue weighted by atomic mass is 16.4. The van der Waals surface area contributed by atoms with Crippen LogP contribution in [0.4, 0.5) is 0 Å². The van der Waals surface area contributed by atoms with E-state index in [2.05, 4.69) is 4.98 Å². The molecule has 1 aromatic heterocycles. The van der Waals surface area contributed by atoms with Crippen molar-refractivity contribution in [2.24, 2.45) is 5.92 Å². The van der Waals surface area contributed by atoms with Crippen LogP contribution < -0.4 is 0 Å². The molecular weight excluding hydrogens is 292 g/mol. The molecule has 23 heavy (non-hydrogen) atoms. The van der Waals surface area contributed by atoms with Gasteiger partial charge in [-0.15, -0.1) is 0 Å². The Labute approximate surface area is 135 Å². The molecule has 3 aliphatic rings. The summed E-state index contributed by atoms with van der Waals surface area (Å²) in [5.74, 6) is -0.169. The van der Waals surface area contributed by atoms with Crippen molar-refractivity contribution in [3.05, 3.63) is 29.6 Å². The third-order valence-corrected chi connectivity index (χ3v) is 5.63. The SMILES string of the molecule is O=C(O)C1CC2CCCCC2N1C(=O)c1ccnc(C2CC2)c1. The maximum Gasteiger partial charge on any atom is 0.326 e. The number of carboxylic acids is 1. The lowest BCUT2D eigenvalue weighted by atomic mass is 9.84. The Kier molecular flexibility index (Phi) is 3.58. The van der Waals surface area contributed by atoms with Gasteiger partial charge in [-0.3, -0.25) is 9.78 Å². The van der Waals surface area contributed by atoms with E-state index in [0.717, 1.165) is 44.2 Å². The summed E-state index contributed by atoms with van der Waals surface area (Å²) in [5, 5.41) is 9.57. The van der Waals surface area contributed by atoms with Gasteiger partial charge in [-0.25, -0.2) is 4.79 Å². The van der Waals surface area contributed by atoms with Gasteiger partial charge < -0.3 is 10.0 Å². The summed E-state index contributed by atoms with van der Waals surface area (Å²) in [7, 11) is 0. The van der Waals surface area contributed by atoms with Crippen molar-refractivity contribution in [3.8, 4) is 0 Å². The number of rotatable bonds is 3. The third kappa shape index (κ3) is 2.62. The van der Waals surface area contributed by atoms with E-state index in [0.29, 0.717) is 23.8 Å². The van der Waals surface area contributed by atoms with Crippen LogP contribution in [0.3, 0.4) is 0 Å². The summed E-state index contributed by atoms with van der Waals surface area (Å²) in [6.07, 6.45) is 8.77. The third-order valence-electron chi connectivity index (χ3n) is 5.63. The van der Waals surface area contributed by atoms with E-state index in [1.54, 1.807) is 17.2 Å². The molecule has 5 nitrogen and oxygen atoms in total. The molecule has 2 heterocycles. The zero-order valence-corrected chi connectivity index (χ0v) is 13.1. The van der Waals surface area contributed by atoms with Gasteiger partial charge in [-0.05, 0) is 50.2 Å². The average molecular weight is 314 g/mol. The minimum absolute atomic E-state index is 0.0925. The van der Waals surface area contributed by atoms with Gasteiger partial charge >= 0.3 is 5.97 Å². The molecule has 2 aliphatic carbocycles. The molecule has 1 aromatic rings. The van der Waals surface area contributed by atoms with Gasteiger partial charge in [0.15, 0.2) is 0 Å². The summed E-state index contributed by atoms with van der Waals surface area (Å²) in [4.78, 5) is 30.7. The summed E-state index contributed by atoms with van der Waals surface area (Å²) < 4.78 is 0. The highest BCUT2D eigenvalue weighted by Crippen LogP contribution is 2.41. The molecule has 1 saturated heterocycles. The average Bonchev–Trinajstić information content (AvgIpc) is 3.34. The molecule has 0 spiro atoms. The number of likely N-dealkylation sites (tertiary alicyclic amines) is 1. The molecule has 3 fully saturated rings. The second kappa shape index (κ2) is 5.62. The van der Waals surface area contributed by atoms with Crippen molar-refractivity contribution in [1.29, 1.82) is 0 Å². The fourth-order valence-electron chi connectivity index (χ4n) is 4.31. The lowest BCUT2D eigenvalue weighted by Gasteiger charge is -2.33. The van der Waals surface area contributed by atoms with Gasteiger partial charge in [0.05, 0.1) is 0 Å². The van der Waals surface area contributed by atoms with Crippen LogP contribution in [-0.2, 0) is 4.79 Å². The number of carbonyl (C=O) groups excluding carboxylic acids is 1. The van der Waals surface area contributed by atoms with Crippen molar-refractivity contribution in [3.63, 3.8) is 0 Å². The highest BCUT2D eigenvalue weighted by Gasteiger charge is 2.47. The van der Waals surface area contributed by atoms with E-state index < -0.39 is 12.0 Å². The van der Waals surface area contributed by atoms with Gasteiger partial charge in [-0.2, -0.15) is 0 Å². The maximum atomic E-state index is 13.0. The molecule has 0 bridgehead atoms. The van der Waals surface area contributed by atoms with Crippen LogP contribution in [0.15, 0.2) is 18.3 Å². The minimum Gasteiger partial charge on any atom is -0.480 e. The van der Waals surface area contributed by atoms with Gasteiger partial charge in [0, 0.05) is 29.4 Å². The van der Waals surface area contributed by atoms with Crippen LogP contribution in [0, 0.1) is 5.92 Å². The van der Waals surface area contributed by atoms with Gasteiger partial charge in [-0.1, -0.05) is 12.8 Å². The zero-order valence-electron chi connectivity index (χ0n) is 13.1. The van der Waals surface area contributed by atoms with Gasteiger partial charge in [0.1, 0.15) is 6.04 Å². The summed E-state index contributed by atoms with van der Waals surface area (Å²) >= 11 is 0. The van der Waals surface area contributed by atoms with Crippen molar-refractivity contribution < 1.29 is 14.7 Å². The predicted molar refractivity (Wildman–Crippen MR) is 84.2 cm³/mol. The molecule has 5 heteroatoms. The van der Waals surface area contributed by atoms with Crippen LogP contribution in [0.25, 0.3) is 0 Å². The summed E-state index contributed by atoms with van der Waals surface area (Å²) in [5.41, 5.74) is 1.57. The number of aliphatic carboxylic acids is 1. The predicted octanol–water partition coefficient (Wildman–Crippen LogP) is 2.82. The first-order valence-corrected chi connectivity index (χ1v) is 8.66. The van der Waals surface area contributed by atoms with Crippen LogP contribution >= 0.6 is 0 Å². The molecule has 3 atom stereocenters. The number of carboxylic acid groups (broad SMARTS) is 1. The molecule has 1 N–H and O–H groups in total. The number of hydrogen-bond donors (Lipinski definition) is 1. The number of fused-ring (bicyclic) bond motifs is 1. The zero-order chi connectivity index (χ0) is 16.0. The molecule has 122 valence electrons. The molecule has 1 amide bonds. The Balaban J connectivity index is 1.64. The fourth-order valence-corrected chi connectivity index (χ4v) is 4.31. The number of aromatic nitrogens is 1. The quantitative estimate of drug-likeness (QED) is 0.931. The molecule has 4 rings (SSSR count). The van der Waals surface area contributed by atoms with E-state index in [1.165, 1.54) is 0 Å². The molecule has 3 unspecified atom stereocenters. The van der Waals surface area contributed by atoms with E-state index in [-0.39, 0.29) is 11.9 Å². The second-order valence-corrected chi connectivity index (χ2v) is 7.16. The molecule has 2 saturated carbocycles. The Bertz CT molecular complexity index is 641. The lowest BCUT2D eigenvalue weighted by Crippen LogP contribution is -2.46. The monoisotopic (exact) mass is 314 g/mol. The van der Waals surface area contributed by atoms with Crippen molar-refractivity contribution >= 4 is 11.9 Å². The Hall–Kier alpha value is -1.91. The van der Waals surface area contributed by atoms with E-state index in [4.69, 9.17) is 0 Å². The van der Waals surface area contributed by atoms with E-state index >= 15 is 0 Å². The maximum absolute atomic E-state index is 13.0. The van der Waals surface area contributed by atoms with E-state index in [1.807, 2.05) is 6.07 Å². The van der Waals surface area contributed by atoms with Crippen LogP contribution in [0.2, 0.25) is 0 Å². The Morgan fingerprint density at radius 3 is 2.70 bits per heavy atom. The summed E-state index contributed by atoms with van der Waals surface area (Å²) in [6, 6.07) is 3.02. The van der Waals surface area contributed by atoms with Crippen molar-refractivity contribution in [1.82, 2.24) is 9.88 Å². The number of nitrogens with zero attached hydrogens (tertiary/aromatic N) is 2. The molecule has 0 radical (unpaired) electrons. The Morgan fingerprint density at radius 2 is 1.96 bits per heavy atom. The van der Waals surface area contributed by atoms with Crippen molar-refractivity contribution in [2.75, 3.05) is 0 Å². The molecule has 1 aliphatic heterocycles. The first-order chi connectivity index (χ1) is 11.1. The van der Waals surface area contributed by atoms with E-state index in [9.17, 15) is 14.7 Å². The fraction of sp³-hybridized carbons (Fsp3) is 0.611. The minimum atomic E-state index is -0.871. The van der Waals surface area contributed by atoms with Crippen molar-refractivity contribution in [2.45, 2.75) is 62.9 Å². The first kappa shape index (κ1) is 14.7. The van der Waals surface area contributed by atoms with Gasteiger partial charge in [0.25, 0.3) is 5.91 Å². The largest absolute Gasteiger partial charge is 0.480 e. The number of amides is 1. The molecular formula is C18H22N2O3. The number of pyridine rings is 1. The topological polar surface area (TPSA) is 70.5 Å². The number of hydrogen-bond acceptors (Lipinski definition) is 3. The highest BCUT2D eigenvalue weighted by molar-refractivity contribution is 5.97. The molecule has 0 aromatic carbocycles. The van der Waals surface area contributed by atoms with Crippen LogP contribution in [0.5, 0.6) is 0 Å². The van der Waals surface area contributed by atoms with Crippen LogP contribution in [0.1, 0.15) is 66.9 Å². The van der Waals surface area contributed by atoms with Gasteiger partial charge in [0.2, 0.25) is 0 Å². The second-order valence-electron chi connectivity index (χ2n) is 7.16. The summed E-state index contributed by atoms with van der Waals surface area (Å²) in [6.45, 7) is 0. The lowest BCUT2D eigenvalue weighted by molar-refractivity contribution is -0.141. The van der Waals surface area contributed by atoms with Crippen LogP contribution in [-0.4, -0.2) is 39.0 Å².